The number of hydrogen-bond acceptors (Lipinski definition) is 3. The Morgan fingerprint density at radius 2 is 2.19 bits per heavy atom. The average Bonchev–Trinajstić information content (AvgIpc) is 2.89. The van der Waals surface area contributed by atoms with Crippen LogP contribution in [-0.2, 0) is 0 Å². The molecule has 2 nitrogen and oxygen atoms in total. The lowest BCUT2D eigenvalue weighted by atomic mass is 10.2. The highest BCUT2D eigenvalue weighted by molar-refractivity contribution is 7.16. The standard InChI is InChI=1S/C12H18ClNOS/c13-12-6-5-11(16-12)10(15)7-8-14-9-3-1-2-4-9/h5-6,9-10,14-15H,1-4,7-8H2. The van der Waals surface area contributed by atoms with E-state index in [0.717, 1.165) is 22.2 Å². The van der Waals surface area contributed by atoms with Crippen molar-refractivity contribution in [3.8, 4) is 0 Å². The SMILES string of the molecule is OC(CCNC1CCCC1)c1ccc(Cl)s1. The summed E-state index contributed by atoms with van der Waals surface area (Å²) in [5, 5.41) is 13.4. The first-order chi connectivity index (χ1) is 7.75. The highest BCUT2D eigenvalue weighted by Gasteiger charge is 2.15. The third kappa shape index (κ3) is 3.45. The maximum absolute atomic E-state index is 9.92. The molecule has 0 amide bonds. The number of thiophene rings is 1. The van der Waals surface area contributed by atoms with Gasteiger partial charge < -0.3 is 10.4 Å². The Balaban J connectivity index is 1.69. The van der Waals surface area contributed by atoms with Crippen molar-refractivity contribution in [3.63, 3.8) is 0 Å². The lowest BCUT2D eigenvalue weighted by molar-refractivity contribution is 0.169. The van der Waals surface area contributed by atoms with E-state index < -0.39 is 0 Å². The molecule has 2 N–H and O–H groups in total. The molecule has 0 spiro atoms. The molecule has 0 aromatic carbocycles. The molecule has 1 unspecified atom stereocenters. The van der Waals surface area contributed by atoms with Gasteiger partial charge in [0.25, 0.3) is 0 Å². The number of hydrogen-bond donors (Lipinski definition) is 2. The molecule has 1 aromatic heterocycles. The molecule has 0 radical (unpaired) electrons. The van der Waals surface area contributed by atoms with Gasteiger partial charge in [-0.1, -0.05) is 24.4 Å². The predicted molar refractivity (Wildman–Crippen MR) is 69.2 cm³/mol. The van der Waals surface area contributed by atoms with Crippen LogP contribution in [0.1, 0.15) is 43.1 Å². The van der Waals surface area contributed by atoms with Crippen molar-refractivity contribution in [2.75, 3.05) is 6.54 Å². The molecule has 1 fully saturated rings. The Labute approximate surface area is 106 Å². The van der Waals surface area contributed by atoms with Crippen LogP contribution in [0.3, 0.4) is 0 Å². The summed E-state index contributed by atoms with van der Waals surface area (Å²) in [6, 6.07) is 4.43. The average molecular weight is 260 g/mol. The Morgan fingerprint density at radius 3 is 2.81 bits per heavy atom. The van der Waals surface area contributed by atoms with Crippen molar-refractivity contribution in [2.45, 2.75) is 44.2 Å². The van der Waals surface area contributed by atoms with E-state index in [4.69, 9.17) is 11.6 Å². The number of rotatable bonds is 5. The molecule has 4 heteroatoms. The molecule has 0 saturated heterocycles. The van der Waals surface area contributed by atoms with Crippen LogP contribution in [0, 0.1) is 0 Å². The molecule has 1 saturated carbocycles. The first-order valence-electron chi connectivity index (χ1n) is 5.92. The molecule has 1 aliphatic carbocycles. The third-order valence-electron chi connectivity index (χ3n) is 3.13. The van der Waals surface area contributed by atoms with E-state index in [1.54, 1.807) is 0 Å². The van der Waals surface area contributed by atoms with Crippen molar-refractivity contribution >= 4 is 22.9 Å². The highest BCUT2D eigenvalue weighted by Crippen LogP contribution is 2.28. The molecule has 0 aliphatic heterocycles. The Morgan fingerprint density at radius 1 is 1.44 bits per heavy atom. The van der Waals surface area contributed by atoms with Crippen LogP contribution in [0.4, 0.5) is 0 Å². The summed E-state index contributed by atoms with van der Waals surface area (Å²) in [5.41, 5.74) is 0. The van der Waals surface area contributed by atoms with E-state index in [1.807, 2.05) is 12.1 Å². The van der Waals surface area contributed by atoms with Crippen molar-refractivity contribution in [2.24, 2.45) is 0 Å². The van der Waals surface area contributed by atoms with Gasteiger partial charge >= 0.3 is 0 Å². The molecule has 0 bridgehead atoms. The van der Waals surface area contributed by atoms with Crippen molar-refractivity contribution < 1.29 is 5.11 Å². The molecule has 1 aromatic rings. The van der Waals surface area contributed by atoms with Crippen LogP contribution >= 0.6 is 22.9 Å². The summed E-state index contributed by atoms with van der Waals surface area (Å²) in [6.45, 7) is 0.890. The summed E-state index contributed by atoms with van der Waals surface area (Å²) in [4.78, 5) is 0.971. The minimum absolute atomic E-state index is 0.369. The van der Waals surface area contributed by atoms with Gasteiger partial charge in [0.05, 0.1) is 10.4 Å². The van der Waals surface area contributed by atoms with Crippen LogP contribution in [-0.4, -0.2) is 17.7 Å². The minimum atomic E-state index is -0.369. The monoisotopic (exact) mass is 259 g/mol. The van der Waals surface area contributed by atoms with Gasteiger partial charge in [-0.05, 0) is 37.9 Å². The van der Waals surface area contributed by atoms with Crippen molar-refractivity contribution in [1.29, 1.82) is 0 Å². The molecule has 16 heavy (non-hydrogen) atoms. The molecule has 1 heterocycles. The topological polar surface area (TPSA) is 32.3 Å². The first kappa shape index (κ1) is 12.4. The van der Waals surface area contributed by atoms with Gasteiger partial charge in [0.1, 0.15) is 0 Å². The second-order valence-electron chi connectivity index (χ2n) is 4.38. The van der Waals surface area contributed by atoms with Gasteiger partial charge in [-0.3, -0.25) is 0 Å². The Bertz CT molecular complexity index is 323. The van der Waals surface area contributed by atoms with E-state index >= 15 is 0 Å². The zero-order valence-corrected chi connectivity index (χ0v) is 10.9. The zero-order valence-electron chi connectivity index (χ0n) is 9.29. The quantitative estimate of drug-likeness (QED) is 0.850. The van der Waals surface area contributed by atoms with Crippen LogP contribution in [0.2, 0.25) is 4.34 Å². The van der Waals surface area contributed by atoms with Gasteiger partial charge in [0, 0.05) is 10.9 Å². The smallest absolute Gasteiger partial charge is 0.0932 e. The predicted octanol–water partition coefficient (Wildman–Crippen LogP) is 3.36. The number of nitrogens with one attached hydrogen (secondary N) is 1. The van der Waals surface area contributed by atoms with Gasteiger partial charge in [-0.15, -0.1) is 11.3 Å². The van der Waals surface area contributed by atoms with Crippen molar-refractivity contribution in [3.05, 3.63) is 21.3 Å². The lowest BCUT2D eigenvalue weighted by Gasteiger charge is -2.13. The van der Waals surface area contributed by atoms with Crippen LogP contribution in [0.5, 0.6) is 0 Å². The van der Waals surface area contributed by atoms with Crippen LogP contribution in [0.25, 0.3) is 0 Å². The second kappa shape index (κ2) is 6.01. The number of halogens is 1. The largest absolute Gasteiger partial charge is 0.388 e. The molecule has 2 rings (SSSR count). The number of aliphatic hydroxyl groups is 1. The minimum Gasteiger partial charge on any atom is -0.388 e. The van der Waals surface area contributed by atoms with Crippen LogP contribution in [0.15, 0.2) is 12.1 Å². The van der Waals surface area contributed by atoms with E-state index in [2.05, 4.69) is 5.32 Å². The Kier molecular flexibility index (Phi) is 4.65. The number of aliphatic hydroxyl groups excluding tert-OH is 1. The maximum Gasteiger partial charge on any atom is 0.0932 e. The van der Waals surface area contributed by atoms with E-state index in [0.29, 0.717) is 6.04 Å². The fourth-order valence-electron chi connectivity index (χ4n) is 2.20. The summed E-state index contributed by atoms with van der Waals surface area (Å²) in [7, 11) is 0. The fraction of sp³-hybridized carbons (Fsp3) is 0.667. The molecular weight excluding hydrogens is 242 g/mol. The summed E-state index contributed by atoms with van der Waals surface area (Å²) in [6.07, 6.45) is 5.68. The van der Waals surface area contributed by atoms with Crippen molar-refractivity contribution in [1.82, 2.24) is 5.32 Å². The fourth-order valence-corrected chi connectivity index (χ4v) is 3.29. The van der Waals surface area contributed by atoms with Gasteiger partial charge in [-0.25, -0.2) is 0 Å². The normalized spacial score (nSPS) is 19.1. The second-order valence-corrected chi connectivity index (χ2v) is 6.13. The summed E-state index contributed by atoms with van der Waals surface area (Å²) < 4.78 is 0.748. The first-order valence-corrected chi connectivity index (χ1v) is 7.12. The van der Waals surface area contributed by atoms with Gasteiger partial charge in [-0.2, -0.15) is 0 Å². The van der Waals surface area contributed by atoms with Gasteiger partial charge in [0.15, 0.2) is 0 Å². The van der Waals surface area contributed by atoms with Crippen LogP contribution < -0.4 is 5.32 Å². The third-order valence-corrected chi connectivity index (χ3v) is 4.46. The highest BCUT2D eigenvalue weighted by atomic mass is 35.5. The van der Waals surface area contributed by atoms with E-state index in [1.165, 1.54) is 37.0 Å². The van der Waals surface area contributed by atoms with E-state index in [-0.39, 0.29) is 6.10 Å². The molecule has 90 valence electrons. The molecule has 1 aliphatic rings. The molecular formula is C12H18ClNOS. The maximum atomic E-state index is 9.92. The summed E-state index contributed by atoms with van der Waals surface area (Å²) in [5.74, 6) is 0. The zero-order chi connectivity index (χ0) is 11.4. The Hall–Kier alpha value is -0.0900. The van der Waals surface area contributed by atoms with Gasteiger partial charge in [0.2, 0.25) is 0 Å². The molecule has 1 atom stereocenters. The summed E-state index contributed by atoms with van der Waals surface area (Å²) >= 11 is 7.30. The lowest BCUT2D eigenvalue weighted by Crippen LogP contribution is -2.27. The van der Waals surface area contributed by atoms with E-state index in [9.17, 15) is 5.11 Å².